The number of benzene rings is 2. The average Bonchev–Trinajstić information content (AvgIpc) is 3.28. The average molecular weight is 504 g/mol. The van der Waals surface area contributed by atoms with Crippen molar-refractivity contribution in [3.63, 3.8) is 0 Å². The number of nitrogens with zero attached hydrogens (tertiary/aromatic N) is 1. The Bertz CT molecular complexity index is 1170. The zero-order chi connectivity index (χ0) is 24.1. The van der Waals surface area contributed by atoms with Gasteiger partial charge in [0.05, 0.1) is 30.8 Å². The van der Waals surface area contributed by atoms with Gasteiger partial charge in [0.25, 0.3) is 5.91 Å². The van der Waals surface area contributed by atoms with Crippen LogP contribution < -0.4 is 20.1 Å². The number of thioether (sulfide) groups is 1. The quantitative estimate of drug-likeness (QED) is 0.542. The Morgan fingerprint density at radius 1 is 1.06 bits per heavy atom. The van der Waals surface area contributed by atoms with Crippen LogP contribution >= 0.6 is 11.8 Å². The summed E-state index contributed by atoms with van der Waals surface area (Å²) in [6, 6.07) is 12.8. The smallest absolute Gasteiger partial charge is 0.251 e. The molecule has 2 atom stereocenters. The van der Waals surface area contributed by atoms with Crippen LogP contribution in [0.1, 0.15) is 29.8 Å². The van der Waals surface area contributed by atoms with Gasteiger partial charge in [-0.2, -0.15) is 0 Å². The first-order valence-corrected chi connectivity index (χ1v) is 14.1. The number of amidine groups is 1. The Hall–Kier alpha value is -2.72. The molecule has 4 rings (SSSR count). The predicted octanol–water partition coefficient (Wildman–Crippen LogP) is 3.14. The number of aliphatic imine (C=N–C) groups is 1. The number of anilines is 1. The fourth-order valence-electron chi connectivity index (χ4n) is 3.92. The number of carbonyl (C=O) groups is 1. The van der Waals surface area contributed by atoms with Crippen LogP contribution in [0.15, 0.2) is 47.5 Å². The maximum absolute atomic E-state index is 12.5. The van der Waals surface area contributed by atoms with Crippen LogP contribution in [0.3, 0.4) is 0 Å². The Balaban J connectivity index is 1.27. The molecule has 2 aromatic carbocycles. The van der Waals surface area contributed by atoms with Crippen molar-refractivity contribution in [3.8, 4) is 11.5 Å². The number of carbonyl (C=O) groups excluding carboxylic acids is 1. The minimum atomic E-state index is -2.96. The molecule has 1 amide bonds. The number of rotatable bonds is 9. The van der Waals surface area contributed by atoms with E-state index in [1.165, 1.54) is 11.8 Å². The first-order chi connectivity index (χ1) is 16.4. The van der Waals surface area contributed by atoms with Crippen LogP contribution in [0.5, 0.6) is 11.5 Å². The molecule has 0 aliphatic carbocycles. The summed E-state index contributed by atoms with van der Waals surface area (Å²) in [6.07, 6.45) is 0.674. The molecule has 2 aromatic rings. The van der Waals surface area contributed by atoms with E-state index in [0.29, 0.717) is 37.5 Å². The van der Waals surface area contributed by atoms with Gasteiger partial charge in [-0.3, -0.25) is 9.79 Å². The Kier molecular flexibility index (Phi) is 7.67. The number of nitrogens with one attached hydrogen (secondary N) is 2. The van der Waals surface area contributed by atoms with E-state index in [1.54, 1.807) is 12.1 Å². The summed E-state index contributed by atoms with van der Waals surface area (Å²) in [7, 11) is -2.96. The Morgan fingerprint density at radius 2 is 1.79 bits per heavy atom. The molecule has 0 unspecified atom stereocenters. The number of hydrogen-bond donors (Lipinski definition) is 2. The van der Waals surface area contributed by atoms with Crippen molar-refractivity contribution in [2.75, 3.05) is 36.6 Å². The summed E-state index contributed by atoms with van der Waals surface area (Å²) in [5.74, 6) is 1.60. The fraction of sp³-hybridized carbons (Fsp3) is 0.417. The summed E-state index contributed by atoms with van der Waals surface area (Å²) < 4.78 is 34.6. The lowest BCUT2D eigenvalue weighted by molar-refractivity contribution is 0.0954. The first-order valence-electron chi connectivity index (χ1n) is 11.4. The van der Waals surface area contributed by atoms with E-state index < -0.39 is 9.84 Å². The summed E-state index contributed by atoms with van der Waals surface area (Å²) in [4.78, 5) is 17.0. The monoisotopic (exact) mass is 503 g/mol. The third kappa shape index (κ3) is 6.04. The zero-order valence-corrected chi connectivity index (χ0v) is 20.9. The predicted molar refractivity (Wildman–Crippen MR) is 136 cm³/mol. The van der Waals surface area contributed by atoms with Gasteiger partial charge in [-0.05, 0) is 62.2 Å². The van der Waals surface area contributed by atoms with Gasteiger partial charge >= 0.3 is 0 Å². The molecule has 0 bridgehead atoms. The number of sulfone groups is 1. The van der Waals surface area contributed by atoms with E-state index in [4.69, 9.17) is 9.47 Å². The lowest BCUT2D eigenvalue weighted by atomic mass is 10.1. The SMILES string of the molecule is CCOc1ccc(CCNC(=O)c2ccc(NC3=N[C@H]4CS(=O)(=O)C[C@H]4S3)cc2)cc1OCC. The van der Waals surface area contributed by atoms with Crippen LogP contribution in [0.4, 0.5) is 5.69 Å². The van der Waals surface area contributed by atoms with E-state index in [1.807, 2.05) is 44.2 Å². The third-order valence-electron chi connectivity index (χ3n) is 5.52. The van der Waals surface area contributed by atoms with Gasteiger partial charge in [0, 0.05) is 23.0 Å². The normalized spacial score (nSPS) is 20.4. The van der Waals surface area contributed by atoms with Gasteiger partial charge < -0.3 is 20.1 Å². The lowest BCUT2D eigenvalue weighted by Gasteiger charge is -2.13. The lowest BCUT2D eigenvalue weighted by Crippen LogP contribution is -2.25. The molecule has 1 fully saturated rings. The molecule has 1 saturated heterocycles. The van der Waals surface area contributed by atoms with Gasteiger partial charge in [0.1, 0.15) is 0 Å². The zero-order valence-electron chi connectivity index (χ0n) is 19.2. The molecular weight excluding hydrogens is 474 g/mol. The standard InChI is InChI=1S/C24H29N3O5S2/c1-3-31-20-10-5-16(13-21(20)32-4-2)11-12-25-23(28)17-6-8-18(9-7-17)26-24-27-19-14-34(29,30)15-22(19)33-24/h5-10,13,19,22H,3-4,11-12,14-15H2,1-2H3,(H,25,28)(H,26,27)/t19-,22+/m0/s1. The second-order valence-electron chi connectivity index (χ2n) is 8.09. The summed E-state index contributed by atoms with van der Waals surface area (Å²) >= 11 is 1.47. The van der Waals surface area contributed by atoms with Crippen molar-refractivity contribution in [2.45, 2.75) is 31.6 Å². The van der Waals surface area contributed by atoms with Crippen LogP contribution in [0.2, 0.25) is 0 Å². The molecule has 0 saturated carbocycles. The minimum absolute atomic E-state index is 0.00228. The molecule has 34 heavy (non-hydrogen) atoms. The fourth-order valence-corrected chi connectivity index (χ4v) is 7.59. The number of hydrogen-bond acceptors (Lipinski definition) is 8. The Labute approximate surface area is 204 Å². The second-order valence-corrected chi connectivity index (χ2v) is 11.5. The highest BCUT2D eigenvalue weighted by molar-refractivity contribution is 8.15. The molecule has 182 valence electrons. The van der Waals surface area contributed by atoms with Crippen molar-refractivity contribution >= 4 is 38.4 Å². The first kappa shape index (κ1) is 24.4. The van der Waals surface area contributed by atoms with Crippen LogP contribution in [0.25, 0.3) is 0 Å². The van der Waals surface area contributed by atoms with Crippen LogP contribution in [0, 0.1) is 0 Å². The molecule has 2 N–H and O–H groups in total. The molecule has 0 aromatic heterocycles. The van der Waals surface area contributed by atoms with Crippen molar-refractivity contribution in [3.05, 3.63) is 53.6 Å². The minimum Gasteiger partial charge on any atom is -0.490 e. The van der Waals surface area contributed by atoms with E-state index in [-0.39, 0.29) is 28.7 Å². The van der Waals surface area contributed by atoms with Gasteiger partial charge in [0.15, 0.2) is 26.5 Å². The molecule has 0 radical (unpaired) electrons. The van der Waals surface area contributed by atoms with E-state index >= 15 is 0 Å². The number of fused-ring (bicyclic) bond motifs is 1. The van der Waals surface area contributed by atoms with Crippen molar-refractivity contribution in [1.29, 1.82) is 0 Å². The molecule has 0 spiro atoms. The van der Waals surface area contributed by atoms with Gasteiger partial charge in [-0.15, -0.1) is 0 Å². The van der Waals surface area contributed by atoms with Crippen molar-refractivity contribution in [1.82, 2.24) is 5.32 Å². The number of ether oxygens (including phenoxy) is 2. The highest BCUT2D eigenvalue weighted by Gasteiger charge is 2.42. The van der Waals surface area contributed by atoms with Crippen molar-refractivity contribution < 1.29 is 22.7 Å². The van der Waals surface area contributed by atoms with Gasteiger partial charge in [-0.1, -0.05) is 17.8 Å². The Morgan fingerprint density at radius 3 is 2.50 bits per heavy atom. The van der Waals surface area contributed by atoms with Gasteiger partial charge in [0.2, 0.25) is 0 Å². The maximum Gasteiger partial charge on any atom is 0.251 e. The summed E-state index contributed by atoms with van der Waals surface area (Å²) in [5, 5.41) is 6.89. The summed E-state index contributed by atoms with van der Waals surface area (Å²) in [5.41, 5.74) is 2.43. The molecule has 2 aliphatic heterocycles. The van der Waals surface area contributed by atoms with E-state index in [2.05, 4.69) is 15.6 Å². The van der Waals surface area contributed by atoms with Crippen molar-refractivity contribution in [2.24, 2.45) is 4.99 Å². The molecule has 2 heterocycles. The van der Waals surface area contributed by atoms with E-state index in [9.17, 15) is 13.2 Å². The van der Waals surface area contributed by atoms with Gasteiger partial charge in [-0.25, -0.2) is 8.42 Å². The maximum atomic E-state index is 12.5. The number of amides is 1. The highest BCUT2D eigenvalue weighted by atomic mass is 32.2. The highest BCUT2D eigenvalue weighted by Crippen LogP contribution is 2.34. The third-order valence-corrected chi connectivity index (χ3v) is 8.67. The molecule has 8 nitrogen and oxygen atoms in total. The van der Waals surface area contributed by atoms with Crippen LogP contribution in [-0.4, -0.2) is 62.0 Å². The molecular formula is C24H29N3O5S2. The van der Waals surface area contributed by atoms with E-state index in [0.717, 1.165) is 22.2 Å². The topological polar surface area (TPSA) is 106 Å². The summed E-state index contributed by atoms with van der Waals surface area (Å²) in [6.45, 7) is 5.49. The largest absolute Gasteiger partial charge is 0.490 e. The molecule has 2 aliphatic rings. The van der Waals surface area contributed by atoms with Crippen LogP contribution in [-0.2, 0) is 16.3 Å². The molecule has 10 heteroatoms. The second kappa shape index (κ2) is 10.7.